The maximum atomic E-state index is 5.36. The molecule has 0 unspecified atom stereocenters. The molecule has 0 atom stereocenters. The topological polar surface area (TPSA) is 30.7 Å². The summed E-state index contributed by atoms with van der Waals surface area (Å²) >= 11 is 1.85. The van der Waals surface area contributed by atoms with Crippen molar-refractivity contribution in [3.63, 3.8) is 0 Å². The van der Waals surface area contributed by atoms with Crippen molar-refractivity contribution in [3.8, 4) is 28.3 Å². The van der Waals surface area contributed by atoms with E-state index in [4.69, 9.17) is 9.97 Å². The van der Waals surface area contributed by atoms with E-state index >= 15 is 0 Å². The van der Waals surface area contributed by atoms with Gasteiger partial charge in [0.25, 0.3) is 0 Å². The van der Waals surface area contributed by atoms with Gasteiger partial charge in [-0.25, -0.2) is 9.97 Å². The maximum Gasteiger partial charge on any atom is 0.235 e. The molecule has 0 aliphatic rings. The summed E-state index contributed by atoms with van der Waals surface area (Å²) in [6.45, 7) is 0. The fourth-order valence-electron chi connectivity index (χ4n) is 7.15. The Hall–Kier alpha value is -5.84. The van der Waals surface area contributed by atoms with Gasteiger partial charge in [-0.15, -0.1) is 11.3 Å². The first kappa shape index (κ1) is 25.5. The molecule has 7 aromatic carbocycles. The van der Waals surface area contributed by atoms with Crippen LogP contribution in [0.1, 0.15) is 0 Å². The molecule has 0 saturated heterocycles. The molecule has 3 nitrogen and oxygen atoms in total. The third-order valence-electron chi connectivity index (χ3n) is 9.18. The Bertz CT molecular complexity index is 2810. The first-order valence-corrected chi connectivity index (χ1v) is 16.3. The van der Waals surface area contributed by atoms with Gasteiger partial charge in [0.2, 0.25) is 5.95 Å². The minimum absolute atomic E-state index is 0.669. The number of hydrogen-bond donors (Lipinski definition) is 0. The number of fused-ring (bicyclic) bond motifs is 8. The second-order valence-electron chi connectivity index (χ2n) is 11.8. The Labute approximate surface area is 268 Å². The first-order valence-electron chi connectivity index (χ1n) is 15.5. The molecule has 3 aromatic heterocycles. The first-order chi connectivity index (χ1) is 22.8. The van der Waals surface area contributed by atoms with Crippen molar-refractivity contribution in [2.24, 2.45) is 0 Å². The van der Waals surface area contributed by atoms with E-state index in [1.54, 1.807) is 0 Å². The standard InChI is InChI=1S/C42H25N3S/c1-2-12-26(13-3-1)40-32-18-6-9-19-35(32)43-42(44-40)45-36-20-10-7-16-30(36)34-24-27-14-4-5-15-29(27)39(41(34)45)28-22-23-38-33(25-28)31-17-8-11-21-37(31)46-38/h1-25H. The fourth-order valence-corrected chi connectivity index (χ4v) is 8.24. The van der Waals surface area contributed by atoms with Gasteiger partial charge in [-0.3, -0.25) is 4.57 Å². The van der Waals surface area contributed by atoms with Gasteiger partial charge in [-0.05, 0) is 52.7 Å². The molecule has 46 heavy (non-hydrogen) atoms. The van der Waals surface area contributed by atoms with Crippen LogP contribution in [0.4, 0.5) is 0 Å². The minimum atomic E-state index is 0.669. The van der Waals surface area contributed by atoms with E-state index in [1.165, 1.54) is 52.8 Å². The van der Waals surface area contributed by atoms with Gasteiger partial charge in [-0.2, -0.15) is 0 Å². The van der Waals surface area contributed by atoms with E-state index in [9.17, 15) is 0 Å². The second-order valence-corrected chi connectivity index (χ2v) is 12.9. The van der Waals surface area contributed by atoms with Crippen LogP contribution in [0.2, 0.25) is 0 Å². The van der Waals surface area contributed by atoms with Crippen molar-refractivity contribution in [1.29, 1.82) is 0 Å². The van der Waals surface area contributed by atoms with Gasteiger partial charge in [0.1, 0.15) is 0 Å². The Morgan fingerprint density at radius 1 is 0.457 bits per heavy atom. The van der Waals surface area contributed by atoms with Crippen molar-refractivity contribution in [2.75, 3.05) is 0 Å². The van der Waals surface area contributed by atoms with Crippen LogP contribution in [-0.4, -0.2) is 14.5 Å². The second kappa shape index (κ2) is 9.83. The number of benzene rings is 7. The molecule has 214 valence electrons. The van der Waals surface area contributed by atoms with Crippen molar-refractivity contribution in [1.82, 2.24) is 14.5 Å². The number of hydrogen-bond acceptors (Lipinski definition) is 3. The van der Waals surface area contributed by atoms with Crippen LogP contribution >= 0.6 is 11.3 Å². The van der Waals surface area contributed by atoms with Crippen LogP contribution in [0.15, 0.2) is 152 Å². The average molecular weight is 604 g/mol. The highest BCUT2D eigenvalue weighted by Crippen LogP contribution is 2.44. The molecule has 0 N–H and O–H groups in total. The summed E-state index contributed by atoms with van der Waals surface area (Å²) < 4.78 is 4.90. The lowest BCUT2D eigenvalue weighted by Gasteiger charge is -2.15. The third-order valence-corrected chi connectivity index (χ3v) is 10.3. The smallest absolute Gasteiger partial charge is 0.235 e. The molecule has 10 aromatic rings. The van der Waals surface area contributed by atoms with Crippen LogP contribution < -0.4 is 0 Å². The normalized spacial score (nSPS) is 11.9. The molecule has 0 aliphatic carbocycles. The maximum absolute atomic E-state index is 5.36. The summed E-state index contributed by atoms with van der Waals surface area (Å²) in [4.78, 5) is 10.6. The molecule has 0 aliphatic heterocycles. The number of nitrogens with zero attached hydrogens (tertiary/aromatic N) is 3. The molecule has 0 spiro atoms. The zero-order valence-corrected chi connectivity index (χ0v) is 25.5. The van der Waals surface area contributed by atoms with E-state index in [2.05, 4.69) is 150 Å². The molecule has 0 radical (unpaired) electrons. The molecule has 0 fully saturated rings. The lowest BCUT2D eigenvalue weighted by Crippen LogP contribution is -2.04. The monoisotopic (exact) mass is 603 g/mol. The third kappa shape index (κ3) is 3.71. The van der Waals surface area contributed by atoms with E-state index < -0.39 is 0 Å². The predicted molar refractivity (Wildman–Crippen MR) is 195 cm³/mol. The summed E-state index contributed by atoms with van der Waals surface area (Å²) in [6, 6.07) is 54.2. The molecule has 3 heterocycles. The Morgan fingerprint density at radius 3 is 2.04 bits per heavy atom. The van der Waals surface area contributed by atoms with Gasteiger partial charge in [0.05, 0.1) is 22.2 Å². The number of aromatic nitrogens is 3. The lowest BCUT2D eigenvalue weighted by atomic mass is 9.94. The highest BCUT2D eigenvalue weighted by Gasteiger charge is 2.22. The van der Waals surface area contributed by atoms with Crippen molar-refractivity contribution in [3.05, 3.63) is 152 Å². The summed E-state index contributed by atoms with van der Waals surface area (Å²) in [6.07, 6.45) is 0. The molecule has 0 bridgehead atoms. The number of rotatable bonds is 3. The Morgan fingerprint density at radius 2 is 1.15 bits per heavy atom. The Kier molecular flexibility index (Phi) is 5.45. The van der Waals surface area contributed by atoms with Gasteiger partial charge in [0, 0.05) is 47.5 Å². The molecular formula is C42H25N3S. The highest BCUT2D eigenvalue weighted by atomic mass is 32.1. The quantitative estimate of drug-likeness (QED) is 0.201. The van der Waals surface area contributed by atoms with Crippen molar-refractivity contribution >= 4 is 75.0 Å². The molecule has 4 heteroatoms. The summed E-state index contributed by atoms with van der Waals surface area (Å²) in [7, 11) is 0. The van der Waals surface area contributed by atoms with E-state index in [0.717, 1.165) is 33.2 Å². The van der Waals surface area contributed by atoms with E-state index in [-0.39, 0.29) is 0 Å². The van der Waals surface area contributed by atoms with Gasteiger partial charge >= 0.3 is 0 Å². The van der Waals surface area contributed by atoms with E-state index in [0.29, 0.717) is 5.95 Å². The average Bonchev–Trinajstić information content (AvgIpc) is 3.66. The zero-order chi connectivity index (χ0) is 30.2. The van der Waals surface area contributed by atoms with Crippen LogP contribution in [0.25, 0.3) is 92.0 Å². The van der Waals surface area contributed by atoms with Gasteiger partial charge < -0.3 is 0 Å². The van der Waals surface area contributed by atoms with Gasteiger partial charge in [-0.1, -0.05) is 115 Å². The number of thiophene rings is 1. The minimum Gasteiger partial charge on any atom is -0.277 e. The molecule has 0 saturated carbocycles. The van der Waals surface area contributed by atoms with Crippen molar-refractivity contribution < 1.29 is 0 Å². The van der Waals surface area contributed by atoms with Crippen LogP contribution in [-0.2, 0) is 0 Å². The van der Waals surface area contributed by atoms with Crippen LogP contribution in [0.5, 0.6) is 0 Å². The van der Waals surface area contributed by atoms with Crippen LogP contribution in [0.3, 0.4) is 0 Å². The lowest BCUT2D eigenvalue weighted by molar-refractivity contribution is 1.01. The molecule has 0 amide bonds. The van der Waals surface area contributed by atoms with Crippen molar-refractivity contribution in [2.45, 2.75) is 0 Å². The largest absolute Gasteiger partial charge is 0.277 e. The molecule has 10 rings (SSSR count). The summed E-state index contributed by atoms with van der Waals surface area (Å²) in [5.41, 5.74) is 7.51. The molecular weight excluding hydrogens is 579 g/mol. The summed E-state index contributed by atoms with van der Waals surface area (Å²) in [5.74, 6) is 0.669. The SMILES string of the molecule is c1ccc(-c2nc(-n3c4ccccc4c4cc5ccccc5c(-c5ccc6sc7ccccc7c6c5)c43)nc3ccccc23)cc1. The number of para-hydroxylation sites is 2. The fraction of sp³-hybridized carbons (Fsp3) is 0. The highest BCUT2D eigenvalue weighted by molar-refractivity contribution is 7.25. The van der Waals surface area contributed by atoms with Crippen LogP contribution in [0, 0.1) is 0 Å². The Balaban J connectivity index is 1.38. The predicted octanol–water partition coefficient (Wildman–Crippen LogP) is 11.6. The van der Waals surface area contributed by atoms with Gasteiger partial charge in [0.15, 0.2) is 0 Å². The summed E-state index contributed by atoms with van der Waals surface area (Å²) in [5, 5.41) is 8.43. The van der Waals surface area contributed by atoms with E-state index in [1.807, 2.05) is 17.4 Å². The zero-order valence-electron chi connectivity index (χ0n) is 24.7.